The van der Waals surface area contributed by atoms with Crippen LogP contribution in [0.5, 0.6) is 0 Å². The van der Waals surface area contributed by atoms with Gasteiger partial charge in [0.2, 0.25) is 5.91 Å². The van der Waals surface area contributed by atoms with Gasteiger partial charge in [-0.05, 0) is 42.8 Å². The largest absolute Gasteiger partial charge is 0.325 e. The Bertz CT molecular complexity index is 684. The molecule has 1 amide bonds. The standard InChI is InChI=1S/C19H23FN4O/c1-15(16-3-2-8-21-13-16)24-11-9-23(10-12-24)14-19(25)22-18-6-4-17(20)5-7-18/h2-8,13,15H,9-12,14H2,1H3,(H,22,25). The Balaban J connectivity index is 1.46. The molecule has 0 bridgehead atoms. The smallest absolute Gasteiger partial charge is 0.238 e. The maximum atomic E-state index is 12.9. The molecule has 1 unspecified atom stereocenters. The van der Waals surface area contributed by atoms with E-state index in [0.29, 0.717) is 18.3 Å². The van der Waals surface area contributed by atoms with Crippen LogP contribution in [0.4, 0.5) is 10.1 Å². The molecular formula is C19H23FN4O. The molecule has 0 spiro atoms. The topological polar surface area (TPSA) is 48.5 Å². The first-order valence-electron chi connectivity index (χ1n) is 8.53. The number of pyridine rings is 1. The van der Waals surface area contributed by atoms with Crippen LogP contribution >= 0.6 is 0 Å². The first-order chi connectivity index (χ1) is 12.1. The Morgan fingerprint density at radius 1 is 1.20 bits per heavy atom. The maximum absolute atomic E-state index is 12.9. The molecule has 1 aliphatic rings. The third-order valence-corrected chi connectivity index (χ3v) is 4.62. The van der Waals surface area contributed by atoms with Crippen LogP contribution in [0.25, 0.3) is 0 Å². The second kappa shape index (κ2) is 8.18. The van der Waals surface area contributed by atoms with E-state index in [1.807, 2.05) is 12.3 Å². The molecule has 2 heterocycles. The lowest BCUT2D eigenvalue weighted by Gasteiger charge is -2.37. The maximum Gasteiger partial charge on any atom is 0.238 e. The van der Waals surface area contributed by atoms with Gasteiger partial charge in [-0.15, -0.1) is 0 Å². The normalized spacial score (nSPS) is 17.2. The van der Waals surface area contributed by atoms with Gasteiger partial charge in [0, 0.05) is 50.3 Å². The van der Waals surface area contributed by atoms with E-state index < -0.39 is 0 Å². The molecule has 1 saturated heterocycles. The minimum absolute atomic E-state index is 0.0691. The van der Waals surface area contributed by atoms with Crippen LogP contribution in [-0.4, -0.2) is 53.4 Å². The van der Waals surface area contributed by atoms with Crippen molar-refractivity contribution >= 4 is 11.6 Å². The number of rotatable bonds is 5. The minimum Gasteiger partial charge on any atom is -0.325 e. The molecule has 0 saturated carbocycles. The van der Waals surface area contributed by atoms with Gasteiger partial charge in [0.1, 0.15) is 5.82 Å². The Labute approximate surface area is 147 Å². The monoisotopic (exact) mass is 342 g/mol. The van der Waals surface area contributed by atoms with E-state index in [4.69, 9.17) is 0 Å². The van der Waals surface area contributed by atoms with Gasteiger partial charge in [-0.2, -0.15) is 0 Å². The summed E-state index contributed by atoms with van der Waals surface area (Å²) in [5.41, 5.74) is 1.83. The van der Waals surface area contributed by atoms with Crippen molar-refractivity contribution in [1.82, 2.24) is 14.8 Å². The summed E-state index contributed by atoms with van der Waals surface area (Å²) < 4.78 is 12.9. The van der Waals surface area contributed by atoms with Crippen LogP contribution in [0.2, 0.25) is 0 Å². The van der Waals surface area contributed by atoms with Gasteiger partial charge in [-0.3, -0.25) is 19.6 Å². The molecule has 0 radical (unpaired) electrons. The second-order valence-corrected chi connectivity index (χ2v) is 6.33. The minimum atomic E-state index is -0.308. The molecule has 5 nitrogen and oxygen atoms in total. The average molecular weight is 342 g/mol. The van der Waals surface area contributed by atoms with Crippen LogP contribution < -0.4 is 5.32 Å². The Morgan fingerprint density at radius 2 is 1.92 bits per heavy atom. The lowest BCUT2D eigenvalue weighted by molar-refractivity contribution is -0.117. The van der Waals surface area contributed by atoms with Gasteiger partial charge < -0.3 is 5.32 Å². The quantitative estimate of drug-likeness (QED) is 0.907. The fourth-order valence-electron chi connectivity index (χ4n) is 3.08. The summed E-state index contributed by atoms with van der Waals surface area (Å²) in [5.74, 6) is -0.378. The number of nitrogens with zero attached hydrogens (tertiary/aromatic N) is 3. The summed E-state index contributed by atoms with van der Waals surface area (Å²) in [7, 11) is 0. The highest BCUT2D eigenvalue weighted by atomic mass is 19.1. The number of benzene rings is 1. The molecule has 1 aromatic heterocycles. The average Bonchev–Trinajstić information content (AvgIpc) is 2.64. The summed E-state index contributed by atoms with van der Waals surface area (Å²) >= 11 is 0. The molecule has 0 aliphatic carbocycles. The molecule has 2 aromatic rings. The predicted molar refractivity (Wildman–Crippen MR) is 95.7 cm³/mol. The van der Waals surface area contributed by atoms with Crippen molar-refractivity contribution in [2.24, 2.45) is 0 Å². The first kappa shape index (κ1) is 17.5. The zero-order chi connectivity index (χ0) is 17.6. The Morgan fingerprint density at radius 3 is 2.56 bits per heavy atom. The molecule has 1 aromatic carbocycles. The molecule has 1 atom stereocenters. The number of piperazine rings is 1. The zero-order valence-electron chi connectivity index (χ0n) is 14.4. The van der Waals surface area contributed by atoms with Crippen molar-refractivity contribution in [3.63, 3.8) is 0 Å². The number of carbonyl (C=O) groups excluding carboxylic acids is 1. The van der Waals surface area contributed by atoms with Crippen molar-refractivity contribution in [3.8, 4) is 0 Å². The number of carbonyl (C=O) groups is 1. The van der Waals surface area contributed by atoms with Crippen LogP contribution in [0.3, 0.4) is 0 Å². The van der Waals surface area contributed by atoms with E-state index in [1.165, 1.54) is 17.7 Å². The van der Waals surface area contributed by atoms with Crippen molar-refractivity contribution in [3.05, 3.63) is 60.2 Å². The van der Waals surface area contributed by atoms with Crippen molar-refractivity contribution in [1.29, 1.82) is 0 Å². The van der Waals surface area contributed by atoms with Gasteiger partial charge >= 0.3 is 0 Å². The van der Waals surface area contributed by atoms with Crippen LogP contribution in [0, 0.1) is 5.82 Å². The van der Waals surface area contributed by atoms with Crippen molar-refractivity contribution < 1.29 is 9.18 Å². The third-order valence-electron chi connectivity index (χ3n) is 4.62. The highest BCUT2D eigenvalue weighted by molar-refractivity contribution is 5.92. The highest BCUT2D eigenvalue weighted by Gasteiger charge is 2.23. The number of halogens is 1. The molecule has 1 fully saturated rings. The van der Waals surface area contributed by atoms with Gasteiger partial charge in [0.05, 0.1) is 6.54 Å². The van der Waals surface area contributed by atoms with E-state index in [2.05, 4.69) is 33.1 Å². The number of nitrogens with one attached hydrogen (secondary N) is 1. The number of hydrogen-bond acceptors (Lipinski definition) is 4. The van der Waals surface area contributed by atoms with Crippen molar-refractivity contribution in [2.45, 2.75) is 13.0 Å². The van der Waals surface area contributed by atoms with Crippen LogP contribution in [0.15, 0.2) is 48.8 Å². The summed E-state index contributed by atoms with van der Waals surface area (Å²) in [6.07, 6.45) is 3.70. The van der Waals surface area contributed by atoms with Gasteiger partial charge in [0.25, 0.3) is 0 Å². The first-order valence-corrected chi connectivity index (χ1v) is 8.53. The molecule has 25 heavy (non-hydrogen) atoms. The molecule has 132 valence electrons. The van der Waals surface area contributed by atoms with Crippen LogP contribution in [0.1, 0.15) is 18.5 Å². The fourth-order valence-corrected chi connectivity index (χ4v) is 3.08. The second-order valence-electron chi connectivity index (χ2n) is 6.33. The predicted octanol–water partition coefficient (Wildman–Crippen LogP) is 2.54. The molecule has 1 N–H and O–H groups in total. The number of hydrogen-bond donors (Lipinski definition) is 1. The van der Waals surface area contributed by atoms with E-state index >= 15 is 0 Å². The summed E-state index contributed by atoms with van der Waals surface area (Å²) in [6.45, 7) is 6.07. The summed E-state index contributed by atoms with van der Waals surface area (Å²) in [4.78, 5) is 20.9. The van der Waals surface area contributed by atoms with Crippen LogP contribution in [-0.2, 0) is 4.79 Å². The van der Waals surface area contributed by atoms with Crippen molar-refractivity contribution in [2.75, 3.05) is 38.0 Å². The lowest BCUT2D eigenvalue weighted by atomic mass is 10.1. The molecular weight excluding hydrogens is 319 g/mol. The Kier molecular flexibility index (Phi) is 5.73. The molecule has 1 aliphatic heterocycles. The number of aromatic nitrogens is 1. The molecule has 3 rings (SSSR count). The SMILES string of the molecule is CC(c1cccnc1)N1CCN(CC(=O)Nc2ccc(F)cc2)CC1. The van der Waals surface area contributed by atoms with E-state index in [1.54, 1.807) is 18.3 Å². The zero-order valence-corrected chi connectivity index (χ0v) is 14.4. The van der Waals surface area contributed by atoms with Gasteiger partial charge in [0.15, 0.2) is 0 Å². The van der Waals surface area contributed by atoms with Gasteiger partial charge in [-0.1, -0.05) is 6.07 Å². The number of amides is 1. The molecule has 6 heteroatoms. The summed E-state index contributed by atoms with van der Waals surface area (Å²) in [6, 6.07) is 10.2. The Hall–Kier alpha value is -2.31. The lowest BCUT2D eigenvalue weighted by Crippen LogP contribution is -2.49. The van der Waals surface area contributed by atoms with E-state index in [9.17, 15) is 9.18 Å². The highest BCUT2D eigenvalue weighted by Crippen LogP contribution is 2.20. The van der Waals surface area contributed by atoms with E-state index in [-0.39, 0.29) is 11.7 Å². The fraction of sp³-hybridized carbons (Fsp3) is 0.368. The van der Waals surface area contributed by atoms with Gasteiger partial charge in [-0.25, -0.2) is 4.39 Å². The van der Waals surface area contributed by atoms with E-state index in [0.717, 1.165) is 26.2 Å². The summed E-state index contributed by atoms with van der Waals surface area (Å²) in [5, 5.41) is 2.81. The number of anilines is 1. The third kappa shape index (κ3) is 4.84.